The predicted molar refractivity (Wildman–Crippen MR) is 87.8 cm³/mol. The third-order valence-electron chi connectivity index (χ3n) is 3.49. The van der Waals surface area contributed by atoms with Crippen LogP contribution < -0.4 is 10.6 Å². The molecule has 1 unspecified atom stereocenters. The van der Waals surface area contributed by atoms with Gasteiger partial charge in [-0.2, -0.15) is 0 Å². The molecule has 1 atom stereocenters. The van der Waals surface area contributed by atoms with E-state index in [1.54, 1.807) is 0 Å². The SMILES string of the molecule is C=CC(=O)NC(=C(C)C(=O)O)N(CCC1CNCCO1)C(=O)C=C. The number of carbonyl (C=O) groups excluding carboxylic acids is 2. The van der Waals surface area contributed by atoms with Gasteiger partial charge in [0.15, 0.2) is 0 Å². The molecule has 0 bridgehead atoms. The summed E-state index contributed by atoms with van der Waals surface area (Å²) in [5, 5.41) is 14.8. The Morgan fingerprint density at radius 3 is 2.58 bits per heavy atom. The summed E-state index contributed by atoms with van der Waals surface area (Å²) in [6, 6.07) is 0. The van der Waals surface area contributed by atoms with Crippen molar-refractivity contribution in [2.75, 3.05) is 26.2 Å². The fourth-order valence-corrected chi connectivity index (χ4v) is 2.15. The molecule has 0 saturated carbocycles. The maximum Gasteiger partial charge on any atom is 0.334 e. The molecule has 132 valence electrons. The van der Waals surface area contributed by atoms with Crippen LogP contribution in [0.3, 0.4) is 0 Å². The molecular formula is C16H23N3O5. The molecule has 0 aromatic heterocycles. The van der Waals surface area contributed by atoms with Crippen LogP contribution in [0.5, 0.6) is 0 Å². The van der Waals surface area contributed by atoms with E-state index in [2.05, 4.69) is 23.8 Å². The molecule has 2 amide bonds. The zero-order chi connectivity index (χ0) is 18.1. The number of hydrogen-bond donors (Lipinski definition) is 3. The molecule has 0 radical (unpaired) electrons. The highest BCUT2D eigenvalue weighted by molar-refractivity contribution is 5.95. The number of amides is 2. The number of nitrogens with zero attached hydrogens (tertiary/aromatic N) is 1. The van der Waals surface area contributed by atoms with Crippen LogP contribution in [0.4, 0.5) is 0 Å². The van der Waals surface area contributed by atoms with Gasteiger partial charge in [0.25, 0.3) is 5.91 Å². The van der Waals surface area contributed by atoms with E-state index in [1.807, 2.05) is 0 Å². The molecule has 0 spiro atoms. The molecule has 0 aliphatic carbocycles. The van der Waals surface area contributed by atoms with Crippen molar-refractivity contribution in [2.45, 2.75) is 19.4 Å². The van der Waals surface area contributed by atoms with Gasteiger partial charge in [-0.05, 0) is 25.5 Å². The van der Waals surface area contributed by atoms with E-state index in [0.717, 1.165) is 18.7 Å². The lowest BCUT2D eigenvalue weighted by Gasteiger charge is -2.29. The van der Waals surface area contributed by atoms with E-state index in [-0.39, 0.29) is 24.0 Å². The first-order valence-electron chi connectivity index (χ1n) is 7.54. The fourth-order valence-electron chi connectivity index (χ4n) is 2.15. The highest BCUT2D eigenvalue weighted by Gasteiger charge is 2.24. The Labute approximate surface area is 140 Å². The van der Waals surface area contributed by atoms with Crippen LogP contribution >= 0.6 is 0 Å². The van der Waals surface area contributed by atoms with Crippen molar-refractivity contribution in [1.29, 1.82) is 0 Å². The summed E-state index contributed by atoms with van der Waals surface area (Å²) in [5.41, 5.74) is -0.164. The highest BCUT2D eigenvalue weighted by atomic mass is 16.5. The van der Waals surface area contributed by atoms with Crippen molar-refractivity contribution in [1.82, 2.24) is 15.5 Å². The van der Waals surface area contributed by atoms with Crippen LogP contribution in [0.2, 0.25) is 0 Å². The standard InChI is InChI=1S/C16H23N3O5/c1-4-13(20)18-15(11(3)16(22)23)19(14(21)5-2)8-6-12-10-17-7-9-24-12/h4-5,12,17H,1-2,6-10H2,3H3,(H,18,20)(H,22,23). The lowest BCUT2D eigenvalue weighted by molar-refractivity contribution is -0.132. The first-order chi connectivity index (χ1) is 11.4. The second-order valence-electron chi connectivity index (χ2n) is 5.15. The lowest BCUT2D eigenvalue weighted by atomic mass is 10.2. The van der Waals surface area contributed by atoms with Crippen molar-refractivity contribution in [2.24, 2.45) is 0 Å². The average molecular weight is 337 g/mol. The van der Waals surface area contributed by atoms with Crippen LogP contribution in [0.15, 0.2) is 36.7 Å². The molecular weight excluding hydrogens is 314 g/mol. The molecule has 3 N–H and O–H groups in total. The topological polar surface area (TPSA) is 108 Å². The minimum Gasteiger partial charge on any atom is -0.478 e. The number of carbonyl (C=O) groups is 3. The number of rotatable bonds is 8. The first kappa shape index (κ1) is 19.6. The molecule has 24 heavy (non-hydrogen) atoms. The molecule has 1 fully saturated rings. The van der Waals surface area contributed by atoms with Crippen molar-refractivity contribution in [3.63, 3.8) is 0 Å². The quantitative estimate of drug-likeness (QED) is 0.538. The summed E-state index contributed by atoms with van der Waals surface area (Å²) in [6.45, 7) is 10.2. The van der Waals surface area contributed by atoms with Gasteiger partial charge < -0.3 is 20.5 Å². The van der Waals surface area contributed by atoms with Crippen molar-refractivity contribution < 1.29 is 24.2 Å². The molecule has 8 heteroatoms. The van der Waals surface area contributed by atoms with Gasteiger partial charge in [-0.15, -0.1) is 0 Å². The lowest BCUT2D eigenvalue weighted by Crippen LogP contribution is -2.44. The summed E-state index contributed by atoms with van der Waals surface area (Å²) in [6.07, 6.45) is 2.45. The Bertz CT molecular complexity index is 550. The van der Waals surface area contributed by atoms with Gasteiger partial charge in [-0.3, -0.25) is 14.5 Å². The number of ether oxygens (including phenoxy) is 1. The van der Waals surface area contributed by atoms with E-state index in [1.165, 1.54) is 11.8 Å². The van der Waals surface area contributed by atoms with Crippen LogP contribution in [0, 0.1) is 0 Å². The minimum absolute atomic E-state index is 0.0962. The van der Waals surface area contributed by atoms with E-state index < -0.39 is 17.8 Å². The molecule has 1 rings (SSSR count). The number of aliphatic carboxylic acids is 1. The van der Waals surface area contributed by atoms with Crippen molar-refractivity contribution in [3.05, 3.63) is 36.7 Å². The van der Waals surface area contributed by atoms with Gasteiger partial charge in [0.2, 0.25) is 5.91 Å². The monoisotopic (exact) mass is 337 g/mol. The summed E-state index contributed by atoms with van der Waals surface area (Å²) in [4.78, 5) is 36.3. The third kappa shape index (κ3) is 5.64. The van der Waals surface area contributed by atoms with Crippen LogP contribution in [-0.4, -0.2) is 60.1 Å². The van der Waals surface area contributed by atoms with E-state index in [9.17, 15) is 19.5 Å². The molecule has 1 aliphatic rings. The van der Waals surface area contributed by atoms with E-state index >= 15 is 0 Å². The normalized spacial score (nSPS) is 18.1. The Kier molecular flexibility index (Phi) is 7.87. The molecule has 1 saturated heterocycles. The van der Waals surface area contributed by atoms with Crippen LogP contribution in [0.1, 0.15) is 13.3 Å². The van der Waals surface area contributed by atoms with Gasteiger partial charge in [0, 0.05) is 19.6 Å². The van der Waals surface area contributed by atoms with Gasteiger partial charge in [-0.25, -0.2) is 4.79 Å². The molecule has 0 aromatic carbocycles. The Balaban J connectivity index is 3.02. The Hall–Kier alpha value is -2.45. The van der Waals surface area contributed by atoms with Gasteiger partial charge in [0.05, 0.1) is 18.3 Å². The smallest absolute Gasteiger partial charge is 0.334 e. The molecule has 1 aliphatic heterocycles. The van der Waals surface area contributed by atoms with Crippen LogP contribution in [-0.2, 0) is 19.1 Å². The van der Waals surface area contributed by atoms with Gasteiger partial charge in [0.1, 0.15) is 5.82 Å². The summed E-state index contributed by atoms with van der Waals surface area (Å²) < 4.78 is 5.57. The number of carboxylic acid groups (broad SMARTS) is 1. The fraction of sp³-hybridized carbons (Fsp3) is 0.438. The number of hydrogen-bond acceptors (Lipinski definition) is 5. The molecule has 0 aromatic rings. The summed E-state index contributed by atoms with van der Waals surface area (Å²) in [5.74, 6) is -2.46. The second kappa shape index (κ2) is 9.64. The van der Waals surface area contributed by atoms with Crippen molar-refractivity contribution in [3.8, 4) is 0 Å². The third-order valence-corrected chi connectivity index (χ3v) is 3.49. The molecule has 1 heterocycles. The Morgan fingerprint density at radius 1 is 1.38 bits per heavy atom. The highest BCUT2D eigenvalue weighted by Crippen LogP contribution is 2.13. The molecule has 8 nitrogen and oxygen atoms in total. The number of carboxylic acids is 1. The van der Waals surface area contributed by atoms with Crippen LogP contribution in [0.25, 0.3) is 0 Å². The maximum absolute atomic E-state index is 12.2. The predicted octanol–water partition coefficient (Wildman–Crippen LogP) is -0.00220. The zero-order valence-corrected chi connectivity index (χ0v) is 13.7. The van der Waals surface area contributed by atoms with Gasteiger partial charge >= 0.3 is 5.97 Å². The number of nitrogens with one attached hydrogen (secondary N) is 2. The number of morpholine rings is 1. The second-order valence-corrected chi connectivity index (χ2v) is 5.15. The van der Waals surface area contributed by atoms with E-state index in [0.29, 0.717) is 19.6 Å². The minimum atomic E-state index is -1.24. The van der Waals surface area contributed by atoms with Crippen molar-refractivity contribution >= 4 is 17.8 Å². The first-order valence-corrected chi connectivity index (χ1v) is 7.54. The summed E-state index contributed by atoms with van der Waals surface area (Å²) >= 11 is 0. The zero-order valence-electron chi connectivity index (χ0n) is 13.7. The largest absolute Gasteiger partial charge is 0.478 e. The summed E-state index contributed by atoms with van der Waals surface area (Å²) in [7, 11) is 0. The Morgan fingerprint density at radius 2 is 2.08 bits per heavy atom. The maximum atomic E-state index is 12.2. The average Bonchev–Trinajstić information content (AvgIpc) is 2.60. The van der Waals surface area contributed by atoms with E-state index in [4.69, 9.17) is 4.74 Å². The van der Waals surface area contributed by atoms with Gasteiger partial charge in [-0.1, -0.05) is 13.2 Å².